The van der Waals surface area contributed by atoms with Crippen LogP contribution in [0.15, 0.2) is 39.4 Å². The van der Waals surface area contributed by atoms with Crippen LogP contribution in [-0.2, 0) is 6.42 Å². The molecule has 1 heterocycles. The highest BCUT2D eigenvalue weighted by Gasteiger charge is 2.18. The van der Waals surface area contributed by atoms with Gasteiger partial charge in [-0.05, 0) is 46.6 Å². The molecule has 0 saturated heterocycles. The predicted molar refractivity (Wildman–Crippen MR) is 81.2 cm³/mol. The number of methoxy groups -OCH3 is 2. The number of nitrogens with two attached hydrogens (primary N) is 1. The molecule has 2 N–H and O–H groups in total. The molecule has 1 aromatic heterocycles. The zero-order valence-corrected chi connectivity index (χ0v) is 13.1. The molecule has 5 heteroatoms. The van der Waals surface area contributed by atoms with Crippen LogP contribution in [-0.4, -0.2) is 14.2 Å². The Morgan fingerprint density at radius 2 is 2.05 bits per heavy atom. The maximum absolute atomic E-state index is 6.27. The Labute approximate surface area is 127 Å². The fraction of sp³-hybridized carbons (Fsp3) is 0.333. The third-order valence-corrected chi connectivity index (χ3v) is 3.95. The van der Waals surface area contributed by atoms with E-state index in [0.717, 1.165) is 40.1 Å². The van der Waals surface area contributed by atoms with Gasteiger partial charge in [0.25, 0.3) is 0 Å². The summed E-state index contributed by atoms with van der Waals surface area (Å²) in [6, 6.07) is 7.53. The molecule has 20 heavy (non-hydrogen) atoms. The molecule has 0 fully saturated rings. The van der Waals surface area contributed by atoms with Gasteiger partial charge in [-0.2, -0.15) is 0 Å². The number of hydrogen-bond donors (Lipinski definition) is 1. The van der Waals surface area contributed by atoms with E-state index < -0.39 is 0 Å². The van der Waals surface area contributed by atoms with Crippen LogP contribution in [0, 0.1) is 0 Å². The Kier molecular flexibility index (Phi) is 5.09. The summed E-state index contributed by atoms with van der Waals surface area (Å²) in [5.41, 5.74) is 7.22. The summed E-state index contributed by atoms with van der Waals surface area (Å²) >= 11 is 3.49. The standard InChI is InChI=1S/C15H18BrNO3/c1-18-13-8-6-11(15(19-2)14(13)16)12(17)7-5-10-4-3-9-20-10/h3-4,6,8-9,12H,5,7,17H2,1-2H3. The van der Waals surface area contributed by atoms with Gasteiger partial charge in [0.2, 0.25) is 0 Å². The van der Waals surface area contributed by atoms with E-state index >= 15 is 0 Å². The summed E-state index contributed by atoms with van der Waals surface area (Å²) in [4.78, 5) is 0. The summed E-state index contributed by atoms with van der Waals surface area (Å²) in [6.07, 6.45) is 3.25. The lowest BCUT2D eigenvalue weighted by Gasteiger charge is -2.18. The maximum Gasteiger partial charge on any atom is 0.141 e. The van der Waals surface area contributed by atoms with Gasteiger partial charge in [-0.1, -0.05) is 0 Å². The van der Waals surface area contributed by atoms with Crippen LogP contribution in [0.4, 0.5) is 0 Å². The smallest absolute Gasteiger partial charge is 0.141 e. The Bertz CT molecular complexity index is 554. The largest absolute Gasteiger partial charge is 0.495 e. The number of ether oxygens (including phenoxy) is 2. The number of aryl methyl sites for hydroxylation is 1. The van der Waals surface area contributed by atoms with Crippen LogP contribution in [0.1, 0.15) is 23.8 Å². The monoisotopic (exact) mass is 339 g/mol. The van der Waals surface area contributed by atoms with Gasteiger partial charge in [0.05, 0.1) is 20.5 Å². The molecule has 108 valence electrons. The molecule has 0 saturated carbocycles. The molecule has 2 rings (SSSR count). The highest BCUT2D eigenvalue weighted by atomic mass is 79.9. The second-order valence-corrected chi connectivity index (χ2v) is 5.22. The van der Waals surface area contributed by atoms with Crippen molar-refractivity contribution in [3.05, 3.63) is 46.3 Å². The van der Waals surface area contributed by atoms with E-state index in [9.17, 15) is 0 Å². The number of rotatable bonds is 6. The summed E-state index contributed by atoms with van der Waals surface area (Å²) in [5.74, 6) is 2.38. The van der Waals surface area contributed by atoms with E-state index in [1.54, 1.807) is 20.5 Å². The first-order chi connectivity index (χ1) is 9.67. The molecule has 0 aliphatic heterocycles. The molecular formula is C15H18BrNO3. The Morgan fingerprint density at radius 3 is 2.65 bits per heavy atom. The molecule has 0 bridgehead atoms. The first kappa shape index (κ1) is 14.9. The number of hydrogen-bond acceptors (Lipinski definition) is 4. The van der Waals surface area contributed by atoms with E-state index in [-0.39, 0.29) is 6.04 Å². The fourth-order valence-corrected chi connectivity index (χ4v) is 2.80. The summed E-state index contributed by atoms with van der Waals surface area (Å²) in [7, 11) is 3.25. The molecule has 2 aromatic rings. The van der Waals surface area contributed by atoms with Crippen LogP contribution in [0.2, 0.25) is 0 Å². The van der Waals surface area contributed by atoms with Crippen LogP contribution >= 0.6 is 15.9 Å². The van der Waals surface area contributed by atoms with Crippen molar-refractivity contribution in [2.45, 2.75) is 18.9 Å². The SMILES string of the molecule is COc1ccc(C(N)CCc2ccco2)c(OC)c1Br. The number of halogens is 1. The summed E-state index contributed by atoms with van der Waals surface area (Å²) in [5, 5.41) is 0. The van der Waals surface area contributed by atoms with Gasteiger partial charge >= 0.3 is 0 Å². The summed E-state index contributed by atoms with van der Waals surface area (Å²) < 4.78 is 16.8. The van der Waals surface area contributed by atoms with Crippen molar-refractivity contribution in [2.75, 3.05) is 14.2 Å². The van der Waals surface area contributed by atoms with Gasteiger partial charge in [0, 0.05) is 18.0 Å². The van der Waals surface area contributed by atoms with Crippen molar-refractivity contribution in [2.24, 2.45) is 5.73 Å². The lowest BCUT2D eigenvalue weighted by atomic mass is 10.0. The first-order valence-corrected chi connectivity index (χ1v) is 7.15. The molecule has 1 unspecified atom stereocenters. The van der Waals surface area contributed by atoms with Gasteiger partial charge in [-0.3, -0.25) is 0 Å². The maximum atomic E-state index is 6.27. The fourth-order valence-electron chi connectivity index (χ4n) is 2.12. The van der Waals surface area contributed by atoms with Gasteiger partial charge in [0.1, 0.15) is 21.7 Å². The van der Waals surface area contributed by atoms with Crippen molar-refractivity contribution in [3.63, 3.8) is 0 Å². The van der Waals surface area contributed by atoms with E-state index in [1.807, 2.05) is 24.3 Å². The molecular weight excluding hydrogens is 322 g/mol. The minimum absolute atomic E-state index is 0.128. The Morgan fingerprint density at radius 1 is 1.25 bits per heavy atom. The van der Waals surface area contributed by atoms with Crippen molar-refractivity contribution in [3.8, 4) is 11.5 Å². The average Bonchev–Trinajstić information content (AvgIpc) is 2.97. The zero-order chi connectivity index (χ0) is 14.5. The molecule has 1 atom stereocenters. The van der Waals surface area contributed by atoms with Crippen molar-refractivity contribution in [1.29, 1.82) is 0 Å². The number of furan rings is 1. The Hall–Kier alpha value is -1.46. The predicted octanol–water partition coefficient (Wildman–Crippen LogP) is 3.69. The quantitative estimate of drug-likeness (QED) is 0.871. The zero-order valence-electron chi connectivity index (χ0n) is 11.6. The normalized spacial score (nSPS) is 12.2. The second-order valence-electron chi connectivity index (χ2n) is 4.43. The van der Waals surface area contributed by atoms with Crippen molar-refractivity contribution >= 4 is 15.9 Å². The minimum atomic E-state index is -0.128. The first-order valence-electron chi connectivity index (χ1n) is 6.35. The van der Waals surface area contributed by atoms with Crippen LogP contribution in [0.25, 0.3) is 0 Å². The van der Waals surface area contributed by atoms with E-state index in [4.69, 9.17) is 19.6 Å². The topological polar surface area (TPSA) is 57.6 Å². The van der Waals surface area contributed by atoms with E-state index in [0.29, 0.717) is 0 Å². The number of benzene rings is 1. The molecule has 4 nitrogen and oxygen atoms in total. The third kappa shape index (κ3) is 3.16. The highest BCUT2D eigenvalue weighted by molar-refractivity contribution is 9.10. The summed E-state index contributed by atoms with van der Waals surface area (Å²) in [6.45, 7) is 0. The Balaban J connectivity index is 2.16. The highest BCUT2D eigenvalue weighted by Crippen LogP contribution is 2.39. The minimum Gasteiger partial charge on any atom is -0.495 e. The lowest BCUT2D eigenvalue weighted by molar-refractivity contribution is 0.382. The molecule has 0 radical (unpaired) electrons. The van der Waals surface area contributed by atoms with Gasteiger partial charge in [-0.25, -0.2) is 0 Å². The van der Waals surface area contributed by atoms with E-state index in [2.05, 4.69) is 15.9 Å². The molecule has 0 aliphatic carbocycles. The molecule has 0 aliphatic rings. The molecule has 1 aromatic carbocycles. The van der Waals surface area contributed by atoms with E-state index in [1.165, 1.54) is 0 Å². The van der Waals surface area contributed by atoms with Crippen molar-refractivity contribution < 1.29 is 13.9 Å². The molecule has 0 spiro atoms. The van der Waals surface area contributed by atoms with Crippen LogP contribution < -0.4 is 15.2 Å². The van der Waals surface area contributed by atoms with Crippen molar-refractivity contribution in [1.82, 2.24) is 0 Å². The lowest BCUT2D eigenvalue weighted by Crippen LogP contribution is -2.13. The van der Waals surface area contributed by atoms with Gasteiger partial charge in [-0.15, -0.1) is 0 Å². The van der Waals surface area contributed by atoms with Gasteiger partial charge < -0.3 is 19.6 Å². The average molecular weight is 340 g/mol. The van der Waals surface area contributed by atoms with Crippen LogP contribution in [0.5, 0.6) is 11.5 Å². The third-order valence-electron chi connectivity index (χ3n) is 3.20. The van der Waals surface area contributed by atoms with Gasteiger partial charge in [0.15, 0.2) is 0 Å². The van der Waals surface area contributed by atoms with Crippen LogP contribution in [0.3, 0.4) is 0 Å². The second kappa shape index (κ2) is 6.81. The molecule has 0 amide bonds.